The van der Waals surface area contributed by atoms with E-state index in [-0.39, 0.29) is 10.6 Å². The van der Waals surface area contributed by atoms with Crippen molar-refractivity contribution in [2.45, 2.75) is 0 Å². The molecule has 0 unspecified atom stereocenters. The molecule has 1 aromatic carbocycles. The zero-order valence-electron chi connectivity index (χ0n) is 10.6. The Morgan fingerprint density at radius 3 is 2.29 bits per heavy atom. The van der Waals surface area contributed by atoms with Crippen LogP contribution in [-0.4, -0.2) is 34.0 Å². The van der Waals surface area contributed by atoms with Crippen molar-refractivity contribution < 1.29 is 19.4 Å². The Morgan fingerprint density at radius 2 is 1.86 bits per heavy atom. The third kappa shape index (κ3) is 3.31. The van der Waals surface area contributed by atoms with E-state index >= 15 is 0 Å². The molecule has 0 radical (unpaired) electrons. The minimum absolute atomic E-state index is 0.228. The number of nitro groups is 2. The summed E-state index contributed by atoms with van der Waals surface area (Å²) in [5.74, 6) is -0.964. The molecule has 0 saturated heterocycles. The van der Waals surface area contributed by atoms with E-state index < -0.39 is 32.7 Å². The van der Waals surface area contributed by atoms with Gasteiger partial charge < -0.3 is 9.94 Å². The molecule has 0 aliphatic carbocycles. The quantitative estimate of drug-likeness (QED) is 0.184. The van der Waals surface area contributed by atoms with Gasteiger partial charge in [-0.25, -0.2) is 0 Å². The van der Waals surface area contributed by atoms with Crippen molar-refractivity contribution in [3.8, 4) is 5.75 Å². The Morgan fingerprint density at radius 1 is 1.24 bits per heavy atom. The van der Waals surface area contributed by atoms with Crippen LogP contribution in [0.1, 0.15) is 5.56 Å². The maximum absolute atomic E-state index is 11.1. The molecule has 0 fully saturated rings. The molecule has 1 aromatic rings. The van der Waals surface area contributed by atoms with Gasteiger partial charge in [-0.3, -0.25) is 31.7 Å². The topological polar surface area (TPSA) is 186 Å². The third-order valence-corrected chi connectivity index (χ3v) is 2.27. The van der Waals surface area contributed by atoms with Gasteiger partial charge in [0, 0.05) is 6.07 Å². The highest BCUT2D eigenvalue weighted by Gasteiger charge is 2.28. The summed E-state index contributed by atoms with van der Waals surface area (Å²) >= 11 is 0. The number of nitro benzene ring substituents is 2. The van der Waals surface area contributed by atoms with Crippen LogP contribution in [-0.2, 0) is 0 Å². The molecule has 4 N–H and O–H groups in total. The molecule has 1 rings (SSSR count). The minimum Gasteiger partial charge on any atom is -0.722 e. The van der Waals surface area contributed by atoms with Gasteiger partial charge in [0.15, 0.2) is 11.3 Å². The van der Waals surface area contributed by atoms with Crippen LogP contribution >= 0.6 is 0 Å². The minimum atomic E-state index is -0.891. The molecule has 12 nitrogen and oxygen atoms in total. The summed E-state index contributed by atoms with van der Waals surface area (Å²) < 4.78 is 4.76. The van der Waals surface area contributed by atoms with E-state index in [0.717, 1.165) is 19.2 Å². The third-order valence-electron chi connectivity index (χ3n) is 2.27. The van der Waals surface area contributed by atoms with Gasteiger partial charge in [0.05, 0.1) is 23.2 Å². The predicted octanol–water partition coefficient (Wildman–Crippen LogP) is -0.371. The van der Waals surface area contributed by atoms with Gasteiger partial charge in [0.2, 0.25) is 0 Å². The lowest BCUT2D eigenvalue weighted by molar-refractivity contribution is -0.464. The second kappa shape index (κ2) is 6.14. The molecule has 0 spiro atoms. The Bertz CT molecular complexity index is 650. The van der Waals surface area contributed by atoms with Gasteiger partial charge in [-0.05, 0) is 6.07 Å². The lowest BCUT2D eigenvalue weighted by atomic mass is 10.1. The van der Waals surface area contributed by atoms with Crippen LogP contribution < -0.4 is 16.2 Å². The SMILES string of the molecule is COc1ccc([N+](=O)[O-])c(C=N[N+]([O-])=C(N)N)c1[N+](=O)[O-]. The number of hydrogen-bond donors (Lipinski definition) is 2. The van der Waals surface area contributed by atoms with Crippen molar-refractivity contribution in [1.82, 2.24) is 0 Å². The number of rotatable bonds is 5. The second-order valence-corrected chi connectivity index (χ2v) is 3.51. The standard InChI is InChI=1S/C9H10N6O6/c1-21-7-3-2-6(14(17)18)5(8(7)15(19)20)4-12-13(16)9(10)11/h2-4H,10-11H2,1H3. The molecule has 112 valence electrons. The second-order valence-electron chi connectivity index (χ2n) is 3.51. The van der Waals surface area contributed by atoms with Crippen molar-refractivity contribution in [2.75, 3.05) is 7.11 Å². The largest absolute Gasteiger partial charge is 0.722 e. The first-order valence-corrected chi connectivity index (χ1v) is 5.18. The lowest BCUT2D eigenvalue weighted by Crippen LogP contribution is -2.30. The fourth-order valence-corrected chi connectivity index (χ4v) is 1.39. The molecular weight excluding hydrogens is 288 g/mol. The highest BCUT2D eigenvalue weighted by atomic mass is 16.6. The highest BCUT2D eigenvalue weighted by Crippen LogP contribution is 2.35. The molecular formula is C9H10N6O6. The van der Waals surface area contributed by atoms with Gasteiger partial charge >= 0.3 is 11.6 Å². The number of benzene rings is 1. The Hall–Kier alpha value is -3.44. The van der Waals surface area contributed by atoms with Crippen molar-refractivity contribution in [2.24, 2.45) is 16.6 Å². The smallest absolute Gasteiger partial charge is 0.366 e. The van der Waals surface area contributed by atoms with Crippen LogP contribution in [0.4, 0.5) is 11.4 Å². The van der Waals surface area contributed by atoms with E-state index in [1.54, 1.807) is 0 Å². The average molecular weight is 298 g/mol. The van der Waals surface area contributed by atoms with E-state index in [4.69, 9.17) is 16.2 Å². The first-order chi connectivity index (χ1) is 9.79. The summed E-state index contributed by atoms with van der Waals surface area (Å²) in [4.78, 5) is 20.0. The van der Waals surface area contributed by atoms with Gasteiger partial charge in [-0.2, -0.15) is 0 Å². The Kier molecular flexibility index (Phi) is 4.56. The summed E-state index contributed by atoms with van der Waals surface area (Å²) in [6.45, 7) is 0. The summed E-state index contributed by atoms with van der Waals surface area (Å²) in [6, 6.07) is 2.05. The monoisotopic (exact) mass is 298 g/mol. The maximum atomic E-state index is 11.1. The molecule has 0 aliphatic heterocycles. The van der Waals surface area contributed by atoms with Gasteiger partial charge in [-0.1, -0.05) is 0 Å². The average Bonchev–Trinajstić information content (AvgIpc) is 2.42. The predicted molar refractivity (Wildman–Crippen MR) is 70.9 cm³/mol. The number of nitrogens with two attached hydrogens (primary N) is 2. The molecule has 0 heterocycles. The fraction of sp³-hybridized carbons (Fsp3) is 0.111. The highest BCUT2D eigenvalue weighted by molar-refractivity contribution is 5.92. The zero-order chi connectivity index (χ0) is 16.2. The molecule has 0 aromatic heterocycles. The summed E-state index contributed by atoms with van der Waals surface area (Å²) in [7, 11) is 1.15. The number of guanidine groups is 1. The van der Waals surface area contributed by atoms with Crippen molar-refractivity contribution >= 4 is 23.5 Å². The molecule has 0 saturated carbocycles. The van der Waals surface area contributed by atoms with E-state index in [2.05, 4.69) is 5.10 Å². The van der Waals surface area contributed by atoms with E-state index in [0.29, 0.717) is 6.21 Å². The Labute approximate surface area is 116 Å². The molecule has 0 amide bonds. The lowest BCUT2D eigenvalue weighted by Gasteiger charge is -2.06. The van der Waals surface area contributed by atoms with Crippen LogP contribution in [0.3, 0.4) is 0 Å². The number of ether oxygens (including phenoxy) is 1. The number of nitrogens with zero attached hydrogens (tertiary/aromatic N) is 4. The van der Waals surface area contributed by atoms with E-state index in [9.17, 15) is 25.4 Å². The van der Waals surface area contributed by atoms with Crippen LogP contribution in [0.15, 0.2) is 17.2 Å². The fourth-order valence-electron chi connectivity index (χ4n) is 1.39. The summed E-state index contributed by atoms with van der Waals surface area (Å²) in [5, 5.41) is 36.2. The van der Waals surface area contributed by atoms with Crippen molar-refractivity contribution in [3.05, 3.63) is 43.1 Å². The zero-order valence-corrected chi connectivity index (χ0v) is 10.6. The van der Waals surface area contributed by atoms with Crippen LogP contribution in [0.5, 0.6) is 5.75 Å². The van der Waals surface area contributed by atoms with Crippen LogP contribution in [0, 0.1) is 25.4 Å². The van der Waals surface area contributed by atoms with Crippen molar-refractivity contribution in [1.29, 1.82) is 0 Å². The van der Waals surface area contributed by atoms with Crippen molar-refractivity contribution in [3.63, 3.8) is 0 Å². The van der Waals surface area contributed by atoms with Gasteiger partial charge in [0.1, 0.15) is 0 Å². The molecule has 12 heteroatoms. The molecule has 0 bridgehead atoms. The van der Waals surface area contributed by atoms with Gasteiger partial charge in [0.25, 0.3) is 5.69 Å². The molecule has 0 aliphatic rings. The summed E-state index contributed by atoms with van der Waals surface area (Å²) in [5.41, 5.74) is 8.05. The summed E-state index contributed by atoms with van der Waals surface area (Å²) in [6.07, 6.45) is 0.617. The number of hydrazone groups is 1. The molecule has 21 heavy (non-hydrogen) atoms. The maximum Gasteiger partial charge on any atom is 0.366 e. The van der Waals surface area contributed by atoms with Gasteiger partial charge in [-0.15, -0.1) is 9.95 Å². The Balaban J connectivity index is 3.61. The number of methoxy groups -OCH3 is 1. The van der Waals surface area contributed by atoms with Crippen LogP contribution in [0.2, 0.25) is 0 Å². The van der Waals surface area contributed by atoms with E-state index in [1.807, 2.05) is 0 Å². The first kappa shape index (κ1) is 15.6. The first-order valence-electron chi connectivity index (χ1n) is 5.18. The molecule has 0 atom stereocenters. The number of hydrogen-bond acceptors (Lipinski definition) is 7. The van der Waals surface area contributed by atoms with Crippen LogP contribution in [0.25, 0.3) is 0 Å². The van der Waals surface area contributed by atoms with E-state index in [1.165, 1.54) is 0 Å². The normalized spacial score (nSPS) is 10.3.